The molecule has 1 atom stereocenters. The van der Waals surface area contributed by atoms with Crippen LogP contribution in [0.3, 0.4) is 0 Å². The molecule has 0 radical (unpaired) electrons. The molecule has 1 aliphatic heterocycles. The maximum Gasteiger partial charge on any atom is 0.170 e. The number of aryl methyl sites for hydroxylation is 2. The van der Waals surface area contributed by atoms with Gasteiger partial charge in [-0.2, -0.15) is 4.68 Å². The highest BCUT2D eigenvalue weighted by Gasteiger charge is 2.28. The topological polar surface area (TPSA) is 50.1 Å². The first-order chi connectivity index (χ1) is 14.2. The molecule has 152 valence electrons. The number of likely N-dealkylation sites (tertiary alicyclic amines) is 1. The fourth-order valence-corrected chi connectivity index (χ4v) is 4.39. The summed E-state index contributed by atoms with van der Waals surface area (Å²) in [6, 6.07) is 17.6. The van der Waals surface area contributed by atoms with E-state index < -0.39 is 0 Å². The second kappa shape index (κ2) is 8.84. The first-order valence-corrected chi connectivity index (χ1v) is 10.5. The highest BCUT2D eigenvalue weighted by atomic mass is 15.5. The van der Waals surface area contributed by atoms with Gasteiger partial charge in [0.25, 0.3) is 0 Å². The van der Waals surface area contributed by atoms with Crippen LogP contribution in [0.1, 0.15) is 35.9 Å². The Hall–Kier alpha value is -2.57. The Balaban J connectivity index is 1.46. The molecule has 4 rings (SSSR count). The van der Waals surface area contributed by atoms with Crippen molar-refractivity contribution in [1.82, 2.24) is 30.0 Å². The lowest BCUT2D eigenvalue weighted by molar-refractivity contribution is 0.186. The Morgan fingerprint density at radius 1 is 1.03 bits per heavy atom. The van der Waals surface area contributed by atoms with E-state index in [1.54, 1.807) is 0 Å². The Kier molecular flexibility index (Phi) is 6.02. The average Bonchev–Trinajstić information content (AvgIpc) is 3.36. The second-order valence-electron chi connectivity index (χ2n) is 7.97. The molecule has 2 aromatic carbocycles. The summed E-state index contributed by atoms with van der Waals surface area (Å²) in [6.45, 7) is 11.5. The van der Waals surface area contributed by atoms with Crippen molar-refractivity contribution in [3.63, 3.8) is 0 Å². The molecule has 29 heavy (non-hydrogen) atoms. The normalized spacial score (nSPS) is 17.3. The van der Waals surface area contributed by atoms with E-state index in [0.29, 0.717) is 6.04 Å². The minimum atomic E-state index is 0.534. The molecule has 1 aliphatic rings. The summed E-state index contributed by atoms with van der Waals surface area (Å²) < 4.78 is 1.92. The predicted molar refractivity (Wildman–Crippen MR) is 115 cm³/mol. The van der Waals surface area contributed by atoms with Crippen molar-refractivity contribution in [2.45, 2.75) is 46.3 Å². The zero-order chi connectivity index (χ0) is 20.2. The summed E-state index contributed by atoms with van der Waals surface area (Å²) >= 11 is 0. The van der Waals surface area contributed by atoms with E-state index in [1.165, 1.54) is 23.1 Å². The molecule has 0 N–H and O–H groups in total. The molecule has 6 nitrogen and oxygen atoms in total. The SMILES string of the molecule is CCN(Cc1nnnn1-c1c(C)cccc1C)[C@@H]1CCN(Cc2ccccc2)C1. The molecule has 0 aliphatic carbocycles. The first kappa shape index (κ1) is 19.7. The Morgan fingerprint density at radius 2 is 1.79 bits per heavy atom. The zero-order valence-corrected chi connectivity index (χ0v) is 17.6. The van der Waals surface area contributed by atoms with Gasteiger partial charge in [-0.25, -0.2) is 0 Å². The number of hydrogen-bond donors (Lipinski definition) is 0. The first-order valence-electron chi connectivity index (χ1n) is 10.5. The zero-order valence-electron chi connectivity index (χ0n) is 17.6. The summed E-state index contributed by atoms with van der Waals surface area (Å²) in [6.07, 6.45) is 1.19. The third-order valence-electron chi connectivity index (χ3n) is 5.95. The lowest BCUT2D eigenvalue weighted by atomic mass is 10.1. The van der Waals surface area contributed by atoms with Crippen molar-refractivity contribution < 1.29 is 0 Å². The van der Waals surface area contributed by atoms with Crippen molar-refractivity contribution in [3.05, 3.63) is 71.0 Å². The minimum Gasteiger partial charge on any atom is -0.297 e. The third-order valence-corrected chi connectivity index (χ3v) is 5.95. The molecular formula is C23H30N6. The van der Waals surface area contributed by atoms with Crippen molar-refractivity contribution in [2.75, 3.05) is 19.6 Å². The van der Waals surface area contributed by atoms with Gasteiger partial charge in [-0.3, -0.25) is 9.80 Å². The van der Waals surface area contributed by atoms with Crippen LogP contribution in [-0.2, 0) is 13.1 Å². The van der Waals surface area contributed by atoms with Crippen LogP contribution in [0.5, 0.6) is 0 Å². The van der Waals surface area contributed by atoms with Crippen LogP contribution in [0.4, 0.5) is 0 Å². The molecule has 0 amide bonds. The van der Waals surface area contributed by atoms with Gasteiger partial charge in [-0.1, -0.05) is 55.5 Å². The van der Waals surface area contributed by atoms with E-state index in [9.17, 15) is 0 Å². The van der Waals surface area contributed by atoms with Crippen LogP contribution in [-0.4, -0.2) is 55.7 Å². The van der Waals surface area contributed by atoms with Crippen LogP contribution in [0, 0.1) is 13.8 Å². The fraction of sp³-hybridized carbons (Fsp3) is 0.435. The lowest BCUT2D eigenvalue weighted by Gasteiger charge is -2.27. The number of rotatable bonds is 7. The molecular weight excluding hydrogens is 360 g/mol. The molecule has 3 aromatic rings. The highest BCUT2D eigenvalue weighted by Crippen LogP contribution is 2.22. The number of tetrazole rings is 1. The van der Waals surface area contributed by atoms with E-state index in [1.807, 2.05) is 4.68 Å². The number of aromatic nitrogens is 4. The molecule has 0 bridgehead atoms. The predicted octanol–water partition coefficient (Wildman–Crippen LogP) is 3.38. The van der Waals surface area contributed by atoms with Crippen LogP contribution in [0.2, 0.25) is 0 Å². The van der Waals surface area contributed by atoms with E-state index in [2.05, 4.69) is 94.6 Å². The van der Waals surface area contributed by atoms with Gasteiger partial charge in [0.15, 0.2) is 5.82 Å². The largest absolute Gasteiger partial charge is 0.297 e. The summed E-state index contributed by atoms with van der Waals surface area (Å²) in [4.78, 5) is 5.07. The summed E-state index contributed by atoms with van der Waals surface area (Å²) in [5, 5.41) is 12.7. The molecule has 0 saturated carbocycles. The van der Waals surface area contributed by atoms with Crippen LogP contribution < -0.4 is 0 Å². The van der Waals surface area contributed by atoms with Crippen molar-refractivity contribution in [3.8, 4) is 5.69 Å². The molecule has 1 aromatic heterocycles. The van der Waals surface area contributed by atoms with E-state index >= 15 is 0 Å². The van der Waals surface area contributed by atoms with Gasteiger partial charge in [0.1, 0.15) is 0 Å². The highest BCUT2D eigenvalue weighted by molar-refractivity contribution is 5.46. The molecule has 6 heteroatoms. The summed E-state index contributed by atoms with van der Waals surface area (Å²) in [7, 11) is 0. The van der Waals surface area contributed by atoms with Crippen molar-refractivity contribution in [1.29, 1.82) is 0 Å². The molecule has 0 spiro atoms. The lowest BCUT2D eigenvalue weighted by Crippen LogP contribution is -2.37. The fourth-order valence-electron chi connectivity index (χ4n) is 4.39. The van der Waals surface area contributed by atoms with Crippen molar-refractivity contribution >= 4 is 0 Å². The summed E-state index contributed by atoms with van der Waals surface area (Å²) in [5.41, 5.74) is 4.86. The van der Waals surface area contributed by atoms with Crippen LogP contribution >= 0.6 is 0 Å². The third kappa shape index (κ3) is 4.38. The minimum absolute atomic E-state index is 0.534. The van der Waals surface area contributed by atoms with Gasteiger partial charge in [0.05, 0.1) is 12.2 Å². The number of likely N-dealkylation sites (N-methyl/N-ethyl adjacent to an activating group) is 1. The van der Waals surface area contributed by atoms with Crippen LogP contribution in [0.25, 0.3) is 5.69 Å². The standard InChI is InChI=1S/C23H30N6/c1-4-28(21-13-14-27(16-21)15-20-11-6-5-7-12-20)17-22-24-25-26-29(22)23-18(2)9-8-10-19(23)3/h5-12,21H,4,13-17H2,1-3H3/t21-/m1/s1. The van der Waals surface area contributed by atoms with Gasteiger partial charge < -0.3 is 0 Å². The van der Waals surface area contributed by atoms with Gasteiger partial charge in [-0.05, 0) is 53.9 Å². The average molecular weight is 391 g/mol. The number of nitrogens with zero attached hydrogens (tertiary/aromatic N) is 6. The van der Waals surface area contributed by atoms with Gasteiger partial charge >= 0.3 is 0 Å². The van der Waals surface area contributed by atoms with Crippen molar-refractivity contribution in [2.24, 2.45) is 0 Å². The maximum absolute atomic E-state index is 4.37. The van der Waals surface area contributed by atoms with E-state index in [-0.39, 0.29) is 0 Å². The monoisotopic (exact) mass is 390 g/mol. The number of hydrogen-bond acceptors (Lipinski definition) is 5. The molecule has 2 heterocycles. The van der Waals surface area contributed by atoms with E-state index in [0.717, 1.165) is 44.2 Å². The quantitative estimate of drug-likeness (QED) is 0.619. The Morgan fingerprint density at radius 3 is 2.52 bits per heavy atom. The summed E-state index contributed by atoms with van der Waals surface area (Å²) in [5.74, 6) is 0.908. The van der Waals surface area contributed by atoms with Gasteiger partial charge in [-0.15, -0.1) is 5.10 Å². The maximum atomic E-state index is 4.37. The van der Waals surface area contributed by atoms with Gasteiger partial charge in [0.2, 0.25) is 0 Å². The van der Waals surface area contributed by atoms with E-state index in [4.69, 9.17) is 0 Å². The Bertz CT molecular complexity index is 915. The molecule has 1 saturated heterocycles. The van der Waals surface area contributed by atoms with Crippen LogP contribution in [0.15, 0.2) is 48.5 Å². The number of para-hydroxylation sites is 1. The molecule has 1 fully saturated rings. The molecule has 0 unspecified atom stereocenters. The van der Waals surface area contributed by atoms with Gasteiger partial charge in [0, 0.05) is 25.7 Å². The Labute approximate surface area is 173 Å². The smallest absolute Gasteiger partial charge is 0.170 e. The number of benzene rings is 2. The second-order valence-corrected chi connectivity index (χ2v) is 7.97.